The number of hydrogen-bond donors (Lipinski definition) is 0. The van der Waals surface area contributed by atoms with Gasteiger partial charge in [-0.2, -0.15) is 0 Å². The molecule has 0 radical (unpaired) electrons. The highest BCUT2D eigenvalue weighted by Crippen LogP contribution is 2.24. The molecule has 0 spiro atoms. The van der Waals surface area contributed by atoms with Crippen LogP contribution in [0.2, 0.25) is 0 Å². The Kier molecular flexibility index (Phi) is 6.52. The number of hydrogen-bond acceptors (Lipinski definition) is 2. The second kappa shape index (κ2) is 9.48. The fourth-order valence-electron chi connectivity index (χ4n) is 3.69. The summed E-state index contributed by atoms with van der Waals surface area (Å²) in [6.07, 6.45) is 0.932. The molecule has 0 aliphatic carbocycles. The van der Waals surface area contributed by atoms with Gasteiger partial charge in [-0.1, -0.05) is 56.3 Å². The van der Waals surface area contributed by atoms with Crippen molar-refractivity contribution in [2.24, 2.45) is 5.92 Å². The zero-order valence-corrected chi connectivity index (χ0v) is 19.4. The minimum Gasteiger partial charge on any atom is -0.331 e. The number of amides is 1. The van der Waals surface area contributed by atoms with Gasteiger partial charge >= 0.3 is 0 Å². The highest BCUT2D eigenvalue weighted by molar-refractivity contribution is 9.10. The average Bonchev–Trinajstić information content (AvgIpc) is 3.15. The summed E-state index contributed by atoms with van der Waals surface area (Å²) >= 11 is 3.54. The van der Waals surface area contributed by atoms with E-state index in [1.54, 1.807) is 0 Å². The van der Waals surface area contributed by atoms with E-state index < -0.39 is 0 Å². The first-order chi connectivity index (χ1) is 15.0. The van der Waals surface area contributed by atoms with Crippen molar-refractivity contribution in [1.29, 1.82) is 0 Å². The van der Waals surface area contributed by atoms with Crippen molar-refractivity contribution in [1.82, 2.24) is 14.5 Å². The predicted molar refractivity (Wildman–Crippen MR) is 129 cm³/mol. The minimum atomic E-state index is 0.0137. The zero-order valence-electron chi connectivity index (χ0n) is 17.8. The standard InChI is InChI=1S/C26H26BrN3O/c1-19(2)16-17-29(26(31)21-12-6-7-13-22(21)27)18-25-28-23-14-8-9-15-24(23)30(25)20-10-4-3-5-11-20/h3-15,19H,16-18H2,1-2H3. The molecule has 0 aliphatic rings. The van der Waals surface area contributed by atoms with E-state index in [1.165, 1.54) is 0 Å². The van der Waals surface area contributed by atoms with E-state index >= 15 is 0 Å². The molecular formula is C26H26BrN3O. The van der Waals surface area contributed by atoms with Crippen LogP contribution in [0.1, 0.15) is 36.5 Å². The SMILES string of the molecule is CC(C)CCN(Cc1nc2ccccc2n1-c1ccccc1)C(=O)c1ccccc1Br. The van der Waals surface area contributed by atoms with Crippen LogP contribution in [0.15, 0.2) is 83.3 Å². The summed E-state index contributed by atoms with van der Waals surface area (Å²) < 4.78 is 2.97. The molecule has 0 atom stereocenters. The van der Waals surface area contributed by atoms with Crippen molar-refractivity contribution in [3.63, 3.8) is 0 Å². The van der Waals surface area contributed by atoms with Crippen molar-refractivity contribution >= 4 is 32.9 Å². The number of halogens is 1. The maximum absolute atomic E-state index is 13.5. The number of aromatic nitrogens is 2. The minimum absolute atomic E-state index is 0.0137. The summed E-state index contributed by atoms with van der Waals surface area (Å²) in [6.45, 7) is 5.48. The number of nitrogens with zero attached hydrogens (tertiary/aromatic N) is 3. The van der Waals surface area contributed by atoms with Crippen molar-refractivity contribution in [3.05, 3.63) is 94.7 Å². The van der Waals surface area contributed by atoms with E-state index in [0.717, 1.165) is 33.4 Å². The Hall–Kier alpha value is -2.92. The van der Waals surface area contributed by atoms with Crippen LogP contribution in [0.5, 0.6) is 0 Å². The molecule has 1 amide bonds. The van der Waals surface area contributed by atoms with Crippen LogP contribution in [0, 0.1) is 5.92 Å². The summed E-state index contributed by atoms with van der Waals surface area (Å²) in [5, 5.41) is 0. The Balaban J connectivity index is 1.76. The first-order valence-corrected chi connectivity index (χ1v) is 11.4. The Labute approximate surface area is 191 Å². The lowest BCUT2D eigenvalue weighted by atomic mass is 10.1. The van der Waals surface area contributed by atoms with Gasteiger partial charge in [-0.05, 0) is 64.7 Å². The molecule has 5 heteroatoms. The number of para-hydroxylation sites is 3. The summed E-state index contributed by atoms with van der Waals surface area (Å²) in [6, 6.07) is 25.9. The van der Waals surface area contributed by atoms with E-state index in [2.05, 4.69) is 52.5 Å². The van der Waals surface area contributed by atoms with E-state index in [0.29, 0.717) is 24.6 Å². The van der Waals surface area contributed by atoms with E-state index in [4.69, 9.17) is 4.98 Å². The highest BCUT2D eigenvalue weighted by Gasteiger charge is 2.22. The van der Waals surface area contributed by atoms with Gasteiger partial charge in [-0.25, -0.2) is 4.98 Å². The van der Waals surface area contributed by atoms with Crippen LogP contribution in [0.3, 0.4) is 0 Å². The second-order valence-corrected chi connectivity index (χ2v) is 8.93. The van der Waals surface area contributed by atoms with Crippen LogP contribution >= 0.6 is 15.9 Å². The van der Waals surface area contributed by atoms with Gasteiger partial charge in [0.2, 0.25) is 0 Å². The van der Waals surface area contributed by atoms with Gasteiger partial charge in [0.05, 0.1) is 23.1 Å². The van der Waals surface area contributed by atoms with Gasteiger partial charge in [0.15, 0.2) is 0 Å². The molecule has 158 valence electrons. The molecule has 0 N–H and O–H groups in total. The van der Waals surface area contributed by atoms with Crippen molar-refractivity contribution in [3.8, 4) is 5.69 Å². The molecule has 1 heterocycles. The van der Waals surface area contributed by atoms with Crippen molar-refractivity contribution in [2.45, 2.75) is 26.8 Å². The summed E-state index contributed by atoms with van der Waals surface area (Å²) in [5.41, 5.74) is 3.69. The molecule has 0 fully saturated rings. The molecule has 4 nitrogen and oxygen atoms in total. The quantitative estimate of drug-likeness (QED) is 0.306. The lowest BCUT2D eigenvalue weighted by molar-refractivity contribution is 0.0729. The van der Waals surface area contributed by atoms with Gasteiger partial charge in [-0.3, -0.25) is 9.36 Å². The fourth-order valence-corrected chi connectivity index (χ4v) is 4.14. The number of carbonyl (C=O) groups is 1. The Morgan fingerprint density at radius 3 is 2.39 bits per heavy atom. The topological polar surface area (TPSA) is 38.1 Å². The molecule has 31 heavy (non-hydrogen) atoms. The molecule has 1 aromatic heterocycles. The number of fused-ring (bicyclic) bond motifs is 1. The first-order valence-electron chi connectivity index (χ1n) is 10.6. The van der Waals surface area contributed by atoms with Crippen LogP contribution < -0.4 is 0 Å². The highest BCUT2D eigenvalue weighted by atomic mass is 79.9. The normalized spacial score (nSPS) is 11.2. The molecule has 0 aliphatic heterocycles. The molecule has 0 bridgehead atoms. The molecular weight excluding hydrogens is 450 g/mol. The number of benzene rings is 3. The number of rotatable bonds is 7. The van der Waals surface area contributed by atoms with Crippen LogP contribution in [0.4, 0.5) is 0 Å². The maximum Gasteiger partial charge on any atom is 0.255 e. The number of imidazole rings is 1. The number of carbonyl (C=O) groups excluding carboxylic acids is 1. The second-order valence-electron chi connectivity index (χ2n) is 8.08. The third-order valence-electron chi connectivity index (χ3n) is 5.34. The Bertz CT molecular complexity index is 1180. The van der Waals surface area contributed by atoms with Crippen molar-refractivity contribution in [2.75, 3.05) is 6.54 Å². The summed E-state index contributed by atoms with van der Waals surface area (Å²) in [7, 11) is 0. The van der Waals surface area contributed by atoms with Crippen LogP contribution in [-0.4, -0.2) is 26.9 Å². The Morgan fingerprint density at radius 1 is 0.968 bits per heavy atom. The van der Waals surface area contributed by atoms with Gasteiger partial charge in [-0.15, -0.1) is 0 Å². The smallest absolute Gasteiger partial charge is 0.255 e. The van der Waals surface area contributed by atoms with Crippen LogP contribution in [-0.2, 0) is 6.54 Å². The molecule has 0 saturated carbocycles. The van der Waals surface area contributed by atoms with Crippen LogP contribution in [0.25, 0.3) is 16.7 Å². The predicted octanol–water partition coefficient (Wildman–Crippen LogP) is 6.48. The van der Waals surface area contributed by atoms with Gasteiger partial charge in [0, 0.05) is 16.7 Å². The molecule has 0 saturated heterocycles. The molecule has 4 rings (SSSR count). The summed E-state index contributed by atoms with van der Waals surface area (Å²) in [4.78, 5) is 20.3. The fraction of sp³-hybridized carbons (Fsp3) is 0.231. The van der Waals surface area contributed by atoms with E-state index in [-0.39, 0.29) is 5.91 Å². The molecule has 4 aromatic rings. The summed E-state index contributed by atoms with van der Waals surface area (Å²) in [5.74, 6) is 1.37. The average molecular weight is 476 g/mol. The molecule has 0 unspecified atom stereocenters. The third kappa shape index (κ3) is 4.72. The van der Waals surface area contributed by atoms with Gasteiger partial charge in [0.25, 0.3) is 5.91 Å². The lowest BCUT2D eigenvalue weighted by Crippen LogP contribution is -2.33. The first kappa shape index (κ1) is 21.3. The lowest BCUT2D eigenvalue weighted by Gasteiger charge is -2.24. The monoisotopic (exact) mass is 475 g/mol. The third-order valence-corrected chi connectivity index (χ3v) is 6.04. The van der Waals surface area contributed by atoms with Gasteiger partial charge < -0.3 is 4.90 Å². The Morgan fingerprint density at radius 2 is 1.65 bits per heavy atom. The van der Waals surface area contributed by atoms with E-state index in [9.17, 15) is 4.79 Å². The largest absolute Gasteiger partial charge is 0.331 e. The maximum atomic E-state index is 13.5. The van der Waals surface area contributed by atoms with Gasteiger partial charge in [0.1, 0.15) is 5.82 Å². The van der Waals surface area contributed by atoms with E-state index in [1.807, 2.05) is 65.6 Å². The van der Waals surface area contributed by atoms with Crippen molar-refractivity contribution < 1.29 is 4.79 Å². The molecule has 3 aromatic carbocycles. The zero-order chi connectivity index (χ0) is 21.8.